The second kappa shape index (κ2) is 5.47. The Hall–Kier alpha value is -1.77. The average molecular weight is 297 g/mol. The van der Waals surface area contributed by atoms with Gasteiger partial charge in [-0.25, -0.2) is 8.42 Å². The van der Waals surface area contributed by atoms with E-state index in [1.807, 2.05) is 4.72 Å². The molecule has 0 aliphatic carbocycles. The van der Waals surface area contributed by atoms with Gasteiger partial charge >= 0.3 is 12.1 Å². The predicted octanol–water partition coefficient (Wildman–Crippen LogP) is 1.92. The summed E-state index contributed by atoms with van der Waals surface area (Å²) in [5.41, 5.74) is -0.959. The lowest BCUT2D eigenvalue weighted by Gasteiger charge is -2.09. The number of hydrogen-bond donors (Lipinski definition) is 2. The molecule has 1 rings (SSSR count). The Morgan fingerprint density at radius 1 is 1.21 bits per heavy atom. The van der Waals surface area contributed by atoms with Gasteiger partial charge in [-0.2, -0.15) is 13.2 Å². The average Bonchev–Trinajstić information content (AvgIpc) is 2.25. The lowest BCUT2D eigenvalue weighted by Crippen LogP contribution is -2.19. The zero-order chi connectivity index (χ0) is 14.7. The molecule has 9 heteroatoms. The van der Waals surface area contributed by atoms with Gasteiger partial charge in [0.15, 0.2) is 0 Å². The van der Waals surface area contributed by atoms with Crippen LogP contribution in [0, 0.1) is 0 Å². The zero-order valence-electron chi connectivity index (χ0n) is 9.44. The van der Waals surface area contributed by atoms with Crippen molar-refractivity contribution in [2.75, 3.05) is 10.5 Å². The minimum Gasteiger partial charge on any atom is -0.481 e. The van der Waals surface area contributed by atoms with Crippen molar-refractivity contribution in [2.45, 2.75) is 12.6 Å². The van der Waals surface area contributed by atoms with Crippen LogP contribution in [0.25, 0.3) is 0 Å². The number of sulfonamides is 1. The van der Waals surface area contributed by atoms with E-state index in [1.165, 1.54) is 0 Å². The van der Waals surface area contributed by atoms with E-state index < -0.39 is 39.9 Å². The first kappa shape index (κ1) is 15.3. The first-order chi connectivity index (χ1) is 8.60. The monoisotopic (exact) mass is 297 g/mol. The van der Waals surface area contributed by atoms with Crippen LogP contribution >= 0.6 is 0 Å². The molecular weight excluding hydrogens is 287 g/mol. The Kier molecular flexibility index (Phi) is 4.40. The lowest BCUT2D eigenvalue weighted by atomic mass is 10.2. The third-order valence-corrected chi connectivity index (χ3v) is 3.36. The van der Waals surface area contributed by atoms with Crippen LogP contribution in [0.4, 0.5) is 18.9 Å². The molecule has 1 aromatic carbocycles. The van der Waals surface area contributed by atoms with Crippen molar-refractivity contribution in [1.82, 2.24) is 0 Å². The molecule has 1 aromatic rings. The molecular formula is C10H10F3NO4S. The summed E-state index contributed by atoms with van der Waals surface area (Å²) in [6.07, 6.45) is -5.09. The lowest BCUT2D eigenvalue weighted by molar-refractivity contribution is -0.138. The maximum atomic E-state index is 12.3. The highest BCUT2D eigenvalue weighted by Gasteiger charge is 2.30. The summed E-state index contributed by atoms with van der Waals surface area (Å²) >= 11 is 0. The molecule has 0 atom stereocenters. The Bertz CT molecular complexity index is 551. The number of carboxylic acids is 1. The first-order valence-electron chi connectivity index (χ1n) is 5.00. The van der Waals surface area contributed by atoms with E-state index in [1.54, 1.807) is 0 Å². The fourth-order valence-electron chi connectivity index (χ4n) is 1.18. The van der Waals surface area contributed by atoms with E-state index in [0.29, 0.717) is 0 Å². The van der Waals surface area contributed by atoms with Gasteiger partial charge in [0, 0.05) is 5.69 Å². The normalized spacial score (nSPS) is 12.2. The SMILES string of the molecule is O=C(O)CCS(=O)(=O)Nc1ccc(C(F)(F)F)cc1. The smallest absolute Gasteiger partial charge is 0.416 e. The number of halogens is 3. The van der Waals surface area contributed by atoms with Crippen LogP contribution < -0.4 is 4.72 Å². The molecule has 0 amide bonds. The molecule has 0 aromatic heterocycles. The molecule has 2 N–H and O–H groups in total. The van der Waals surface area contributed by atoms with E-state index in [-0.39, 0.29) is 5.69 Å². The van der Waals surface area contributed by atoms with Crippen molar-refractivity contribution >= 4 is 21.7 Å². The summed E-state index contributed by atoms with van der Waals surface area (Å²) in [6.45, 7) is 0. The maximum Gasteiger partial charge on any atom is 0.416 e. The number of nitrogens with one attached hydrogen (secondary N) is 1. The van der Waals surface area contributed by atoms with Crippen LogP contribution in [0.15, 0.2) is 24.3 Å². The van der Waals surface area contributed by atoms with Crippen LogP contribution in [-0.4, -0.2) is 25.2 Å². The number of carboxylic acid groups (broad SMARTS) is 1. The maximum absolute atomic E-state index is 12.3. The highest BCUT2D eigenvalue weighted by molar-refractivity contribution is 7.92. The third-order valence-electron chi connectivity index (χ3n) is 2.07. The summed E-state index contributed by atoms with van der Waals surface area (Å²) in [5, 5.41) is 8.35. The summed E-state index contributed by atoms with van der Waals surface area (Å²) in [4.78, 5) is 10.2. The van der Waals surface area contributed by atoms with Gasteiger partial charge in [-0.1, -0.05) is 0 Å². The number of benzene rings is 1. The van der Waals surface area contributed by atoms with Crippen LogP contribution in [0.2, 0.25) is 0 Å². The highest BCUT2D eigenvalue weighted by atomic mass is 32.2. The standard InChI is InChI=1S/C10H10F3NO4S/c11-10(12,13)7-1-3-8(4-2-7)14-19(17,18)6-5-9(15)16/h1-4,14H,5-6H2,(H,15,16). The molecule has 0 heterocycles. The zero-order valence-corrected chi connectivity index (χ0v) is 10.3. The molecule has 0 saturated carbocycles. The molecule has 0 fully saturated rings. The minimum absolute atomic E-state index is 0.0570. The molecule has 19 heavy (non-hydrogen) atoms. The molecule has 0 radical (unpaired) electrons. The van der Waals surface area contributed by atoms with E-state index >= 15 is 0 Å². The van der Waals surface area contributed by atoms with Gasteiger partial charge < -0.3 is 5.11 Å². The second-order valence-electron chi connectivity index (χ2n) is 3.64. The quantitative estimate of drug-likeness (QED) is 0.869. The molecule has 0 aliphatic rings. The Balaban J connectivity index is 2.75. The Morgan fingerprint density at radius 3 is 2.16 bits per heavy atom. The number of rotatable bonds is 5. The molecule has 0 saturated heterocycles. The minimum atomic E-state index is -4.50. The second-order valence-corrected chi connectivity index (χ2v) is 5.48. The van der Waals surface area contributed by atoms with Crippen LogP contribution in [-0.2, 0) is 21.0 Å². The first-order valence-corrected chi connectivity index (χ1v) is 6.65. The van der Waals surface area contributed by atoms with Crippen LogP contribution in [0.5, 0.6) is 0 Å². The van der Waals surface area contributed by atoms with Crippen molar-refractivity contribution < 1.29 is 31.5 Å². The summed E-state index contributed by atoms with van der Waals surface area (Å²) < 4.78 is 61.6. The summed E-state index contributed by atoms with van der Waals surface area (Å²) in [7, 11) is -3.89. The van der Waals surface area contributed by atoms with Crippen LogP contribution in [0.1, 0.15) is 12.0 Å². The van der Waals surface area contributed by atoms with E-state index in [4.69, 9.17) is 5.11 Å². The third kappa shape index (κ3) is 5.16. The highest BCUT2D eigenvalue weighted by Crippen LogP contribution is 2.29. The van der Waals surface area contributed by atoms with E-state index in [9.17, 15) is 26.4 Å². The molecule has 0 aliphatic heterocycles. The largest absolute Gasteiger partial charge is 0.481 e. The fourth-order valence-corrected chi connectivity index (χ4v) is 2.22. The molecule has 0 unspecified atom stereocenters. The van der Waals surface area contributed by atoms with E-state index in [2.05, 4.69) is 0 Å². The van der Waals surface area contributed by atoms with Crippen molar-refractivity contribution in [3.05, 3.63) is 29.8 Å². The van der Waals surface area contributed by atoms with Crippen molar-refractivity contribution in [2.24, 2.45) is 0 Å². The van der Waals surface area contributed by atoms with Gasteiger partial charge in [-0.05, 0) is 24.3 Å². The van der Waals surface area contributed by atoms with Crippen molar-refractivity contribution in [3.8, 4) is 0 Å². The number of aliphatic carboxylic acids is 1. The fraction of sp³-hybridized carbons (Fsp3) is 0.300. The van der Waals surface area contributed by atoms with E-state index in [0.717, 1.165) is 24.3 Å². The van der Waals surface area contributed by atoms with Gasteiger partial charge in [0.25, 0.3) is 0 Å². The summed E-state index contributed by atoms with van der Waals surface area (Å²) in [5.74, 6) is -1.93. The molecule has 0 bridgehead atoms. The molecule has 5 nitrogen and oxygen atoms in total. The Labute approximate surface area is 107 Å². The number of hydrogen-bond acceptors (Lipinski definition) is 3. The van der Waals surface area contributed by atoms with Gasteiger partial charge in [-0.15, -0.1) is 0 Å². The van der Waals surface area contributed by atoms with Gasteiger partial charge in [0.05, 0.1) is 17.7 Å². The van der Waals surface area contributed by atoms with Gasteiger partial charge in [0.1, 0.15) is 0 Å². The topological polar surface area (TPSA) is 83.5 Å². The van der Waals surface area contributed by atoms with Gasteiger partial charge in [-0.3, -0.25) is 9.52 Å². The molecule has 0 spiro atoms. The van der Waals surface area contributed by atoms with Crippen LogP contribution in [0.3, 0.4) is 0 Å². The molecule has 106 valence electrons. The predicted molar refractivity (Wildman–Crippen MR) is 61.1 cm³/mol. The van der Waals surface area contributed by atoms with Gasteiger partial charge in [0.2, 0.25) is 10.0 Å². The summed E-state index contributed by atoms with van der Waals surface area (Å²) in [6, 6.07) is 3.38. The Morgan fingerprint density at radius 2 is 1.74 bits per heavy atom. The number of alkyl halides is 3. The van der Waals surface area contributed by atoms with Crippen molar-refractivity contribution in [3.63, 3.8) is 0 Å². The van der Waals surface area contributed by atoms with Crippen molar-refractivity contribution in [1.29, 1.82) is 0 Å². The number of anilines is 1. The number of carbonyl (C=O) groups is 1.